The zero-order valence-corrected chi connectivity index (χ0v) is 11.7. The van der Waals surface area contributed by atoms with Crippen LogP contribution in [0.4, 0.5) is 10.2 Å². The molecule has 3 nitrogen and oxygen atoms in total. The molecular formula is C15H15ClFN3. The molecule has 0 spiro atoms. The molecule has 0 amide bonds. The van der Waals surface area contributed by atoms with Gasteiger partial charge < -0.3 is 5.73 Å². The van der Waals surface area contributed by atoms with Gasteiger partial charge in [0, 0.05) is 23.2 Å². The van der Waals surface area contributed by atoms with E-state index in [-0.39, 0.29) is 5.02 Å². The highest BCUT2D eigenvalue weighted by molar-refractivity contribution is 6.31. The van der Waals surface area contributed by atoms with Crippen LogP contribution in [0.2, 0.25) is 5.02 Å². The summed E-state index contributed by atoms with van der Waals surface area (Å²) in [5.41, 5.74) is 7.53. The molecule has 2 N–H and O–H groups in total. The highest BCUT2D eigenvalue weighted by Gasteiger charge is 2.20. The Kier molecular flexibility index (Phi) is 3.57. The smallest absolute Gasteiger partial charge is 0.161 e. The van der Waals surface area contributed by atoms with E-state index in [2.05, 4.69) is 9.97 Å². The first kappa shape index (κ1) is 13.3. The lowest BCUT2D eigenvalue weighted by Crippen LogP contribution is -2.03. The fourth-order valence-electron chi connectivity index (χ4n) is 2.68. The Hall–Kier alpha value is -1.68. The van der Waals surface area contributed by atoms with Crippen LogP contribution in [0.15, 0.2) is 24.3 Å². The first-order chi connectivity index (χ1) is 9.63. The fourth-order valence-corrected chi connectivity index (χ4v) is 2.86. The van der Waals surface area contributed by atoms with E-state index in [0.29, 0.717) is 23.1 Å². The monoisotopic (exact) mass is 291 g/mol. The maximum absolute atomic E-state index is 13.2. The maximum atomic E-state index is 13.2. The molecule has 3 rings (SSSR count). The van der Waals surface area contributed by atoms with Crippen molar-refractivity contribution in [3.05, 3.63) is 40.8 Å². The van der Waals surface area contributed by atoms with Crippen molar-refractivity contribution in [2.24, 2.45) is 0 Å². The molecule has 1 aliphatic carbocycles. The van der Waals surface area contributed by atoms with Crippen molar-refractivity contribution in [1.29, 1.82) is 0 Å². The lowest BCUT2D eigenvalue weighted by Gasteiger charge is -2.11. The van der Waals surface area contributed by atoms with Gasteiger partial charge in [0.15, 0.2) is 5.82 Å². The second-order valence-corrected chi connectivity index (χ2v) is 5.56. The Labute approximate surface area is 122 Å². The van der Waals surface area contributed by atoms with Crippen LogP contribution < -0.4 is 5.73 Å². The number of aromatic nitrogens is 2. The molecule has 1 aliphatic rings. The van der Waals surface area contributed by atoms with Crippen molar-refractivity contribution in [2.75, 3.05) is 5.73 Å². The molecule has 1 saturated carbocycles. The van der Waals surface area contributed by atoms with E-state index >= 15 is 0 Å². The van der Waals surface area contributed by atoms with Crippen LogP contribution >= 0.6 is 11.6 Å². The zero-order valence-electron chi connectivity index (χ0n) is 10.9. The van der Waals surface area contributed by atoms with Gasteiger partial charge in [0.2, 0.25) is 0 Å². The number of hydrogen-bond donors (Lipinski definition) is 1. The summed E-state index contributed by atoms with van der Waals surface area (Å²) in [5.74, 6) is 0.955. The molecule has 104 valence electrons. The number of halogens is 2. The second kappa shape index (κ2) is 5.37. The first-order valence-electron chi connectivity index (χ1n) is 6.73. The maximum Gasteiger partial charge on any atom is 0.161 e. The number of hydrogen-bond acceptors (Lipinski definition) is 3. The quantitative estimate of drug-likeness (QED) is 0.903. The standard InChI is InChI=1S/C15H15ClFN3/c16-11-7-10(5-6-12(11)17)15-19-13(8-14(18)20-15)9-3-1-2-4-9/h5-9H,1-4H2,(H2,18,19,20). The van der Waals surface area contributed by atoms with Crippen LogP contribution in [0, 0.1) is 5.82 Å². The van der Waals surface area contributed by atoms with Gasteiger partial charge in [-0.3, -0.25) is 0 Å². The summed E-state index contributed by atoms with van der Waals surface area (Å²) in [6.45, 7) is 0. The summed E-state index contributed by atoms with van der Waals surface area (Å²) in [7, 11) is 0. The van der Waals surface area contributed by atoms with Crippen LogP contribution in [0.25, 0.3) is 11.4 Å². The summed E-state index contributed by atoms with van der Waals surface area (Å²) in [6.07, 6.45) is 4.73. The van der Waals surface area contributed by atoms with Gasteiger partial charge in [0.05, 0.1) is 5.02 Å². The van der Waals surface area contributed by atoms with Gasteiger partial charge in [0.1, 0.15) is 11.6 Å². The minimum Gasteiger partial charge on any atom is -0.384 e. The van der Waals surface area contributed by atoms with Crippen molar-refractivity contribution in [3.63, 3.8) is 0 Å². The van der Waals surface area contributed by atoms with Gasteiger partial charge in [0.25, 0.3) is 0 Å². The predicted molar refractivity (Wildman–Crippen MR) is 78.1 cm³/mol. The minimum atomic E-state index is -0.449. The predicted octanol–water partition coefficient (Wildman–Crippen LogP) is 4.18. The number of anilines is 1. The van der Waals surface area contributed by atoms with Crippen LogP contribution in [-0.2, 0) is 0 Å². The summed E-state index contributed by atoms with van der Waals surface area (Å²) in [4.78, 5) is 8.82. The molecule has 5 heteroatoms. The van der Waals surface area contributed by atoms with Crippen LogP contribution in [0.1, 0.15) is 37.3 Å². The number of nitrogens with two attached hydrogens (primary N) is 1. The SMILES string of the molecule is Nc1cc(C2CCCC2)nc(-c2ccc(F)c(Cl)c2)n1. The van der Waals surface area contributed by atoms with Crippen LogP contribution in [0.3, 0.4) is 0 Å². The molecule has 2 aromatic rings. The lowest BCUT2D eigenvalue weighted by atomic mass is 10.0. The highest BCUT2D eigenvalue weighted by Crippen LogP contribution is 2.34. The molecule has 0 aliphatic heterocycles. The van der Waals surface area contributed by atoms with Gasteiger partial charge in [-0.25, -0.2) is 14.4 Å². The molecule has 1 heterocycles. The molecule has 20 heavy (non-hydrogen) atoms. The molecule has 0 saturated heterocycles. The third-order valence-electron chi connectivity index (χ3n) is 3.72. The number of rotatable bonds is 2. The third kappa shape index (κ3) is 2.61. The molecule has 0 atom stereocenters. The van der Waals surface area contributed by atoms with E-state index in [0.717, 1.165) is 18.5 Å². The Morgan fingerprint density at radius 1 is 1.15 bits per heavy atom. The van der Waals surface area contributed by atoms with E-state index in [9.17, 15) is 4.39 Å². The molecule has 1 aromatic carbocycles. The van der Waals surface area contributed by atoms with Crippen molar-refractivity contribution >= 4 is 17.4 Å². The fraction of sp³-hybridized carbons (Fsp3) is 0.333. The Morgan fingerprint density at radius 2 is 1.90 bits per heavy atom. The normalized spacial score (nSPS) is 15.7. The van der Waals surface area contributed by atoms with Crippen molar-refractivity contribution in [2.45, 2.75) is 31.6 Å². The molecule has 1 fully saturated rings. The van der Waals surface area contributed by atoms with E-state index < -0.39 is 5.82 Å². The summed E-state index contributed by atoms with van der Waals surface area (Å²) >= 11 is 5.81. The van der Waals surface area contributed by atoms with Crippen LogP contribution in [0.5, 0.6) is 0 Å². The van der Waals surface area contributed by atoms with Crippen molar-refractivity contribution in [3.8, 4) is 11.4 Å². The molecule has 0 radical (unpaired) electrons. The second-order valence-electron chi connectivity index (χ2n) is 5.15. The van der Waals surface area contributed by atoms with E-state index in [1.54, 1.807) is 6.07 Å². The van der Waals surface area contributed by atoms with Gasteiger partial charge in [-0.05, 0) is 31.0 Å². The van der Waals surface area contributed by atoms with E-state index in [1.807, 2.05) is 6.07 Å². The number of nitrogen functional groups attached to an aromatic ring is 1. The average molecular weight is 292 g/mol. The highest BCUT2D eigenvalue weighted by atomic mass is 35.5. The molecule has 0 bridgehead atoms. The van der Waals surface area contributed by atoms with E-state index in [1.165, 1.54) is 25.0 Å². The third-order valence-corrected chi connectivity index (χ3v) is 4.01. The summed E-state index contributed by atoms with van der Waals surface area (Å²) in [6, 6.07) is 6.31. The summed E-state index contributed by atoms with van der Waals surface area (Å²) < 4.78 is 13.2. The number of benzene rings is 1. The first-order valence-corrected chi connectivity index (χ1v) is 7.11. The molecular weight excluding hydrogens is 277 g/mol. The topological polar surface area (TPSA) is 51.8 Å². The van der Waals surface area contributed by atoms with Crippen molar-refractivity contribution in [1.82, 2.24) is 9.97 Å². The van der Waals surface area contributed by atoms with E-state index in [4.69, 9.17) is 17.3 Å². The zero-order chi connectivity index (χ0) is 14.1. The minimum absolute atomic E-state index is 0.0657. The number of nitrogens with zero attached hydrogens (tertiary/aromatic N) is 2. The molecule has 1 aromatic heterocycles. The van der Waals surface area contributed by atoms with Gasteiger partial charge in [-0.15, -0.1) is 0 Å². The largest absolute Gasteiger partial charge is 0.384 e. The summed E-state index contributed by atoms with van der Waals surface area (Å²) in [5, 5.41) is 0.0657. The van der Waals surface area contributed by atoms with Gasteiger partial charge in [-0.1, -0.05) is 24.4 Å². The van der Waals surface area contributed by atoms with Gasteiger partial charge in [-0.2, -0.15) is 0 Å². The van der Waals surface area contributed by atoms with Crippen LogP contribution in [-0.4, -0.2) is 9.97 Å². The Morgan fingerprint density at radius 3 is 2.60 bits per heavy atom. The molecule has 0 unspecified atom stereocenters. The Balaban J connectivity index is 2.02. The lowest BCUT2D eigenvalue weighted by molar-refractivity contribution is 0.628. The van der Waals surface area contributed by atoms with Crippen molar-refractivity contribution < 1.29 is 4.39 Å². The van der Waals surface area contributed by atoms with Gasteiger partial charge >= 0.3 is 0 Å². The Bertz CT molecular complexity index is 639. The average Bonchev–Trinajstić information content (AvgIpc) is 2.95.